The number of aliphatic hydroxyl groups is 1. The van der Waals surface area contributed by atoms with E-state index in [0.29, 0.717) is 13.2 Å². The minimum absolute atomic E-state index is 0.0471. The standard InChI is InChI=1S/C24H29N3O3S/c1-4-30-23(29)22(21-9-7-6-8-17(21)3)26-19-12-10-18(11-13-19)15-27-20(16-28)14-25-24(27)31-5-2/h6-14,22,26,28H,4-5,15-16H2,1-3H3. The Morgan fingerprint density at radius 2 is 1.94 bits per heavy atom. The van der Waals surface area contributed by atoms with Crippen LogP contribution < -0.4 is 5.32 Å². The SMILES string of the molecule is CCOC(=O)C(Nc1ccc(Cn2c(CO)cnc2SCC)cc1)c1ccccc1C. The summed E-state index contributed by atoms with van der Waals surface area (Å²) in [6.07, 6.45) is 1.72. The summed E-state index contributed by atoms with van der Waals surface area (Å²) >= 11 is 1.65. The minimum atomic E-state index is -0.575. The van der Waals surface area contributed by atoms with Crippen molar-refractivity contribution < 1.29 is 14.6 Å². The van der Waals surface area contributed by atoms with Crippen molar-refractivity contribution in [1.29, 1.82) is 0 Å². The molecule has 3 rings (SSSR count). The van der Waals surface area contributed by atoms with Gasteiger partial charge in [0.05, 0.1) is 25.1 Å². The molecular formula is C24H29N3O3S. The van der Waals surface area contributed by atoms with Crippen LogP contribution in [0.4, 0.5) is 5.69 Å². The smallest absolute Gasteiger partial charge is 0.333 e. The second-order valence-corrected chi connectivity index (χ2v) is 8.32. The molecule has 1 unspecified atom stereocenters. The number of rotatable bonds is 10. The summed E-state index contributed by atoms with van der Waals surface area (Å²) in [4.78, 5) is 17.0. The van der Waals surface area contributed by atoms with Crippen LogP contribution in [0.5, 0.6) is 0 Å². The molecule has 0 fully saturated rings. The van der Waals surface area contributed by atoms with Crippen molar-refractivity contribution in [2.75, 3.05) is 17.7 Å². The molecule has 0 saturated carbocycles. The van der Waals surface area contributed by atoms with Crippen LogP contribution in [0.15, 0.2) is 59.9 Å². The molecule has 0 spiro atoms. The van der Waals surface area contributed by atoms with Crippen LogP contribution in [0.25, 0.3) is 0 Å². The van der Waals surface area contributed by atoms with Crippen LogP contribution in [-0.2, 0) is 22.7 Å². The number of anilines is 1. The van der Waals surface area contributed by atoms with Gasteiger partial charge in [0.25, 0.3) is 0 Å². The highest BCUT2D eigenvalue weighted by Crippen LogP contribution is 2.25. The lowest BCUT2D eigenvalue weighted by molar-refractivity contribution is -0.144. The molecule has 0 bridgehead atoms. The van der Waals surface area contributed by atoms with E-state index < -0.39 is 6.04 Å². The van der Waals surface area contributed by atoms with Gasteiger partial charge in [0.2, 0.25) is 0 Å². The topological polar surface area (TPSA) is 76.4 Å². The van der Waals surface area contributed by atoms with Crippen LogP contribution in [0.1, 0.15) is 42.3 Å². The number of nitrogens with one attached hydrogen (secondary N) is 1. The number of ether oxygens (including phenoxy) is 1. The van der Waals surface area contributed by atoms with E-state index in [1.54, 1.807) is 18.0 Å². The second-order valence-electron chi connectivity index (χ2n) is 7.09. The van der Waals surface area contributed by atoms with Crippen molar-refractivity contribution in [3.8, 4) is 0 Å². The summed E-state index contributed by atoms with van der Waals surface area (Å²) in [7, 11) is 0. The number of imidazole rings is 1. The van der Waals surface area contributed by atoms with Crippen molar-refractivity contribution in [1.82, 2.24) is 9.55 Å². The molecular weight excluding hydrogens is 410 g/mol. The van der Waals surface area contributed by atoms with Gasteiger partial charge in [-0.1, -0.05) is 55.1 Å². The largest absolute Gasteiger partial charge is 0.464 e. The van der Waals surface area contributed by atoms with Gasteiger partial charge in [0, 0.05) is 12.2 Å². The molecule has 0 saturated heterocycles. The van der Waals surface area contributed by atoms with Crippen LogP contribution in [0.2, 0.25) is 0 Å². The first-order valence-electron chi connectivity index (χ1n) is 10.4. The fourth-order valence-corrected chi connectivity index (χ4v) is 4.11. The fourth-order valence-electron chi connectivity index (χ4n) is 3.39. The van der Waals surface area contributed by atoms with Gasteiger partial charge in [-0.2, -0.15) is 0 Å². The van der Waals surface area contributed by atoms with Crippen molar-refractivity contribution in [2.45, 2.75) is 45.1 Å². The monoisotopic (exact) mass is 439 g/mol. The Bertz CT molecular complexity index is 1000. The normalized spacial score (nSPS) is 11.9. The number of carbonyl (C=O) groups excluding carboxylic acids is 1. The molecule has 0 aliphatic rings. The van der Waals surface area contributed by atoms with Gasteiger partial charge in [-0.15, -0.1) is 0 Å². The van der Waals surface area contributed by atoms with Gasteiger partial charge < -0.3 is 19.7 Å². The van der Waals surface area contributed by atoms with Gasteiger partial charge >= 0.3 is 5.97 Å². The predicted octanol–water partition coefficient (Wildman–Crippen LogP) is 4.56. The van der Waals surface area contributed by atoms with Gasteiger partial charge in [-0.25, -0.2) is 9.78 Å². The maximum absolute atomic E-state index is 12.6. The molecule has 164 valence electrons. The average molecular weight is 440 g/mol. The second kappa shape index (κ2) is 11.0. The number of esters is 1. The van der Waals surface area contributed by atoms with Crippen molar-refractivity contribution in [3.63, 3.8) is 0 Å². The van der Waals surface area contributed by atoms with E-state index in [1.807, 2.05) is 66.9 Å². The summed E-state index contributed by atoms with van der Waals surface area (Å²) < 4.78 is 7.34. The van der Waals surface area contributed by atoms with Gasteiger partial charge in [0.15, 0.2) is 11.2 Å². The Kier molecular flexibility index (Phi) is 8.14. The molecule has 31 heavy (non-hydrogen) atoms. The first kappa shape index (κ1) is 22.9. The Balaban J connectivity index is 1.79. The molecule has 1 heterocycles. The Morgan fingerprint density at radius 3 is 2.58 bits per heavy atom. The van der Waals surface area contributed by atoms with Gasteiger partial charge in [-0.05, 0) is 48.4 Å². The first-order chi connectivity index (χ1) is 15.1. The number of carbonyl (C=O) groups is 1. The summed E-state index contributed by atoms with van der Waals surface area (Å²) in [5, 5.41) is 13.8. The highest BCUT2D eigenvalue weighted by molar-refractivity contribution is 7.99. The van der Waals surface area contributed by atoms with E-state index in [9.17, 15) is 9.90 Å². The average Bonchev–Trinajstić information content (AvgIpc) is 3.15. The van der Waals surface area contributed by atoms with Gasteiger partial charge in [-0.3, -0.25) is 0 Å². The number of benzene rings is 2. The van der Waals surface area contributed by atoms with Crippen molar-refractivity contribution >= 4 is 23.4 Å². The molecule has 0 aliphatic heterocycles. The van der Waals surface area contributed by atoms with Crippen LogP contribution in [0, 0.1) is 6.92 Å². The number of aryl methyl sites for hydroxylation is 1. The number of aromatic nitrogens is 2. The fraction of sp³-hybridized carbons (Fsp3) is 0.333. The van der Waals surface area contributed by atoms with Gasteiger partial charge in [0.1, 0.15) is 0 Å². The third-order valence-electron chi connectivity index (χ3n) is 4.96. The zero-order valence-corrected chi connectivity index (χ0v) is 19.0. The summed E-state index contributed by atoms with van der Waals surface area (Å²) in [6.45, 7) is 6.78. The molecule has 0 aliphatic carbocycles. The number of thioether (sulfide) groups is 1. The number of aliphatic hydroxyl groups excluding tert-OH is 1. The van der Waals surface area contributed by atoms with E-state index >= 15 is 0 Å². The molecule has 2 N–H and O–H groups in total. The van der Waals surface area contributed by atoms with Crippen LogP contribution in [0.3, 0.4) is 0 Å². The lowest BCUT2D eigenvalue weighted by Crippen LogP contribution is -2.24. The van der Waals surface area contributed by atoms with Crippen molar-refractivity contribution in [2.24, 2.45) is 0 Å². The quantitative estimate of drug-likeness (QED) is 0.356. The summed E-state index contributed by atoms with van der Waals surface area (Å²) in [5.74, 6) is 0.618. The highest BCUT2D eigenvalue weighted by Gasteiger charge is 2.23. The lowest BCUT2D eigenvalue weighted by atomic mass is 10.0. The Hall–Kier alpha value is -2.77. The molecule has 3 aromatic rings. The summed E-state index contributed by atoms with van der Waals surface area (Å²) in [6, 6.07) is 15.2. The molecule has 0 amide bonds. The van der Waals surface area contributed by atoms with Crippen LogP contribution in [-0.4, -0.2) is 33.0 Å². The maximum atomic E-state index is 12.6. The highest BCUT2D eigenvalue weighted by atomic mass is 32.2. The summed E-state index contributed by atoms with van der Waals surface area (Å²) in [5.41, 5.74) is 4.64. The third kappa shape index (κ3) is 5.68. The van der Waals surface area contributed by atoms with E-state index in [4.69, 9.17) is 4.74 Å². The van der Waals surface area contributed by atoms with E-state index in [1.165, 1.54) is 0 Å². The predicted molar refractivity (Wildman–Crippen MR) is 124 cm³/mol. The lowest BCUT2D eigenvalue weighted by Gasteiger charge is -2.21. The van der Waals surface area contributed by atoms with E-state index in [0.717, 1.165) is 39.0 Å². The minimum Gasteiger partial charge on any atom is -0.464 e. The Morgan fingerprint density at radius 1 is 1.19 bits per heavy atom. The maximum Gasteiger partial charge on any atom is 0.333 e. The third-order valence-corrected chi connectivity index (χ3v) is 5.84. The number of hydrogen-bond donors (Lipinski definition) is 2. The molecule has 1 aromatic heterocycles. The first-order valence-corrected chi connectivity index (χ1v) is 11.4. The van der Waals surface area contributed by atoms with E-state index in [2.05, 4.69) is 17.2 Å². The Labute approximate surface area is 187 Å². The van der Waals surface area contributed by atoms with Crippen LogP contribution >= 0.6 is 11.8 Å². The zero-order chi connectivity index (χ0) is 22.2. The molecule has 6 nitrogen and oxygen atoms in total. The number of hydrogen-bond acceptors (Lipinski definition) is 6. The van der Waals surface area contributed by atoms with E-state index in [-0.39, 0.29) is 12.6 Å². The molecule has 7 heteroatoms. The number of nitrogens with zero attached hydrogens (tertiary/aromatic N) is 2. The van der Waals surface area contributed by atoms with Crippen molar-refractivity contribution in [3.05, 3.63) is 77.1 Å². The molecule has 2 aromatic carbocycles. The molecule has 0 radical (unpaired) electrons. The molecule has 1 atom stereocenters. The zero-order valence-electron chi connectivity index (χ0n) is 18.2.